The van der Waals surface area contributed by atoms with Crippen molar-refractivity contribution in [2.45, 2.75) is 77.0 Å². The maximum atomic E-state index is 13.5. The SMILES string of the molecule is C[C@]12C[C@H](c3ccc(-c4cccnc4)cc3)C3=C4CCC(=O)C=C4CC[C@H]3[C@@H]1CC[C@]21CCCC1=O.Cl. The fourth-order valence-corrected chi connectivity index (χ4v) is 9.32. The van der Waals surface area contributed by atoms with Crippen LogP contribution in [0.1, 0.15) is 82.6 Å². The van der Waals surface area contributed by atoms with Crippen LogP contribution in [0.2, 0.25) is 0 Å². The normalized spacial score (nSPS) is 34.5. The number of hydrogen-bond acceptors (Lipinski definition) is 3. The van der Waals surface area contributed by atoms with Crippen molar-refractivity contribution >= 4 is 24.0 Å². The number of carbonyl (C=O) groups is 2. The van der Waals surface area contributed by atoms with Crippen LogP contribution in [0.15, 0.2) is 71.6 Å². The first-order valence-corrected chi connectivity index (χ1v) is 14.0. The quantitative estimate of drug-likeness (QED) is 0.411. The number of halogens is 1. The van der Waals surface area contributed by atoms with E-state index in [9.17, 15) is 9.59 Å². The molecule has 4 heteroatoms. The summed E-state index contributed by atoms with van der Waals surface area (Å²) in [6, 6.07) is 13.2. The van der Waals surface area contributed by atoms with Gasteiger partial charge in [0.25, 0.3) is 0 Å². The first-order chi connectivity index (χ1) is 17.5. The van der Waals surface area contributed by atoms with Gasteiger partial charge in [0.15, 0.2) is 5.78 Å². The molecule has 0 N–H and O–H groups in total. The van der Waals surface area contributed by atoms with Crippen molar-refractivity contribution in [3.05, 3.63) is 77.2 Å². The summed E-state index contributed by atoms with van der Waals surface area (Å²) in [5.41, 5.74) is 8.08. The number of allylic oxidation sites excluding steroid dienone is 4. The third kappa shape index (κ3) is 3.56. The van der Waals surface area contributed by atoms with E-state index in [1.165, 1.54) is 28.7 Å². The molecule has 5 aliphatic carbocycles. The van der Waals surface area contributed by atoms with Crippen LogP contribution < -0.4 is 0 Å². The van der Waals surface area contributed by atoms with Crippen LogP contribution in [0.5, 0.6) is 0 Å². The van der Waals surface area contributed by atoms with Crippen molar-refractivity contribution in [3.63, 3.8) is 0 Å². The number of Topliss-reactive ketones (excluding diaryl/α,β-unsaturated/α-hetero) is 1. The van der Waals surface area contributed by atoms with E-state index in [0.29, 0.717) is 35.7 Å². The monoisotopic (exact) mass is 513 g/mol. The third-order valence-electron chi connectivity index (χ3n) is 10.9. The van der Waals surface area contributed by atoms with Gasteiger partial charge >= 0.3 is 0 Å². The number of rotatable bonds is 2. The highest BCUT2D eigenvalue weighted by atomic mass is 35.5. The van der Waals surface area contributed by atoms with Gasteiger partial charge in [0.2, 0.25) is 0 Å². The van der Waals surface area contributed by atoms with E-state index in [-0.39, 0.29) is 23.2 Å². The van der Waals surface area contributed by atoms with Crippen LogP contribution in [0.25, 0.3) is 11.1 Å². The predicted molar refractivity (Wildman–Crippen MR) is 148 cm³/mol. The molecule has 2 aromatic rings. The largest absolute Gasteiger partial charge is 0.299 e. The molecule has 0 aliphatic heterocycles. The highest BCUT2D eigenvalue weighted by Gasteiger charge is 2.66. The minimum absolute atomic E-state index is 0. The number of pyridine rings is 1. The molecule has 0 bridgehead atoms. The molecule has 0 amide bonds. The molecule has 0 unspecified atom stereocenters. The van der Waals surface area contributed by atoms with Crippen LogP contribution in [0.3, 0.4) is 0 Å². The summed E-state index contributed by atoms with van der Waals surface area (Å²) in [6.45, 7) is 2.49. The zero-order valence-corrected chi connectivity index (χ0v) is 22.5. The van der Waals surface area contributed by atoms with Crippen LogP contribution in [0, 0.1) is 22.7 Å². The molecule has 3 saturated carbocycles. The Labute approximate surface area is 226 Å². The maximum absolute atomic E-state index is 13.5. The van der Waals surface area contributed by atoms with Gasteiger partial charge in [0.05, 0.1) is 0 Å². The highest BCUT2D eigenvalue weighted by molar-refractivity contribution is 5.93. The number of benzene rings is 1. The maximum Gasteiger partial charge on any atom is 0.156 e. The molecule has 7 rings (SSSR count). The molecule has 5 atom stereocenters. The second kappa shape index (κ2) is 9.05. The van der Waals surface area contributed by atoms with Gasteiger partial charge in [-0.15, -0.1) is 12.4 Å². The smallest absolute Gasteiger partial charge is 0.156 e. The molecule has 3 fully saturated rings. The summed E-state index contributed by atoms with van der Waals surface area (Å²) < 4.78 is 0. The summed E-state index contributed by atoms with van der Waals surface area (Å²) >= 11 is 0. The Kier molecular flexibility index (Phi) is 6.06. The number of ketones is 2. The van der Waals surface area contributed by atoms with Gasteiger partial charge in [-0.3, -0.25) is 14.6 Å². The predicted octanol–water partition coefficient (Wildman–Crippen LogP) is 7.81. The average Bonchev–Trinajstić information content (AvgIpc) is 3.43. The standard InChI is InChI=1S/C33H35NO2.ClH/c1-32-19-28(22-8-6-21(7-9-22)24-4-3-17-34-20-24)31-26-13-11-25(35)18-23(26)10-12-27(31)29(32)14-16-33(32)15-2-5-30(33)36;/h3-4,6-9,17-18,20,27-29H,2,5,10-16,19H2,1H3;1H/t27-,28+,29-,32-,33-;/m0./s1. The third-order valence-corrected chi connectivity index (χ3v) is 10.9. The molecule has 37 heavy (non-hydrogen) atoms. The van der Waals surface area contributed by atoms with E-state index < -0.39 is 0 Å². The molecule has 192 valence electrons. The van der Waals surface area contributed by atoms with Gasteiger partial charge in [0, 0.05) is 36.6 Å². The molecular formula is C33H36ClNO2. The summed E-state index contributed by atoms with van der Waals surface area (Å²) in [4.78, 5) is 30.1. The lowest BCUT2D eigenvalue weighted by atomic mass is 9.48. The molecule has 0 saturated heterocycles. The van der Waals surface area contributed by atoms with Crippen LogP contribution >= 0.6 is 12.4 Å². The Morgan fingerprint density at radius 3 is 2.49 bits per heavy atom. The fourth-order valence-electron chi connectivity index (χ4n) is 9.32. The van der Waals surface area contributed by atoms with E-state index in [1.54, 1.807) is 5.57 Å². The van der Waals surface area contributed by atoms with Crippen molar-refractivity contribution in [1.82, 2.24) is 4.98 Å². The highest BCUT2D eigenvalue weighted by Crippen LogP contribution is 2.72. The van der Waals surface area contributed by atoms with Crippen LogP contribution in [-0.2, 0) is 9.59 Å². The van der Waals surface area contributed by atoms with Gasteiger partial charge in [-0.05, 0) is 109 Å². The molecule has 1 aromatic carbocycles. The number of aromatic nitrogens is 1. The van der Waals surface area contributed by atoms with Gasteiger partial charge < -0.3 is 0 Å². The van der Waals surface area contributed by atoms with E-state index in [4.69, 9.17) is 0 Å². The Bertz CT molecular complexity index is 1310. The number of carbonyl (C=O) groups excluding carboxylic acids is 2. The minimum Gasteiger partial charge on any atom is -0.299 e. The zero-order valence-electron chi connectivity index (χ0n) is 21.7. The van der Waals surface area contributed by atoms with Gasteiger partial charge in [-0.1, -0.05) is 42.8 Å². The van der Waals surface area contributed by atoms with Crippen molar-refractivity contribution in [2.75, 3.05) is 0 Å². The van der Waals surface area contributed by atoms with E-state index >= 15 is 0 Å². The summed E-state index contributed by atoms with van der Waals surface area (Å²) in [5, 5.41) is 0. The Hall–Kier alpha value is -2.52. The van der Waals surface area contributed by atoms with E-state index in [2.05, 4.69) is 42.2 Å². The van der Waals surface area contributed by atoms with Crippen LogP contribution in [-0.4, -0.2) is 16.6 Å². The van der Waals surface area contributed by atoms with Gasteiger partial charge in [0.1, 0.15) is 5.78 Å². The number of fused-ring (bicyclic) bond motifs is 5. The van der Waals surface area contributed by atoms with Gasteiger partial charge in [-0.25, -0.2) is 0 Å². The Morgan fingerprint density at radius 1 is 0.919 bits per heavy atom. The molecular weight excluding hydrogens is 478 g/mol. The summed E-state index contributed by atoms with van der Waals surface area (Å²) in [7, 11) is 0. The molecule has 1 aromatic heterocycles. The lowest BCUT2D eigenvalue weighted by Crippen LogP contribution is -2.49. The summed E-state index contributed by atoms with van der Waals surface area (Å²) in [5.74, 6) is 2.30. The number of hydrogen-bond donors (Lipinski definition) is 0. The lowest BCUT2D eigenvalue weighted by molar-refractivity contribution is -0.134. The lowest BCUT2D eigenvalue weighted by Gasteiger charge is -2.55. The van der Waals surface area contributed by atoms with Crippen molar-refractivity contribution in [3.8, 4) is 11.1 Å². The molecule has 1 heterocycles. The van der Waals surface area contributed by atoms with Gasteiger partial charge in [-0.2, -0.15) is 0 Å². The van der Waals surface area contributed by atoms with E-state index in [1.807, 2.05) is 24.5 Å². The van der Waals surface area contributed by atoms with Crippen molar-refractivity contribution < 1.29 is 9.59 Å². The van der Waals surface area contributed by atoms with E-state index in [0.717, 1.165) is 56.9 Å². The zero-order chi connectivity index (χ0) is 24.5. The molecule has 3 nitrogen and oxygen atoms in total. The average molecular weight is 514 g/mol. The Morgan fingerprint density at radius 2 is 1.76 bits per heavy atom. The minimum atomic E-state index is -0.111. The van der Waals surface area contributed by atoms with Crippen LogP contribution in [0.4, 0.5) is 0 Å². The molecule has 0 radical (unpaired) electrons. The van der Waals surface area contributed by atoms with Crippen molar-refractivity contribution in [2.24, 2.45) is 22.7 Å². The van der Waals surface area contributed by atoms with Crippen molar-refractivity contribution in [1.29, 1.82) is 0 Å². The second-order valence-corrected chi connectivity index (χ2v) is 12.3. The Balaban J connectivity index is 0.00000252. The second-order valence-electron chi connectivity index (χ2n) is 12.3. The fraction of sp³-hybridized carbons (Fsp3) is 0.485. The number of nitrogens with zero attached hydrogens (tertiary/aromatic N) is 1. The molecule has 5 aliphatic rings. The first kappa shape index (κ1) is 24.8. The first-order valence-electron chi connectivity index (χ1n) is 14.0. The topological polar surface area (TPSA) is 47.0 Å². The molecule has 1 spiro atoms. The summed E-state index contributed by atoms with van der Waals surface area (Å²) in [6.07, 6.45) is 15.7.